The maximum absolute atomic E-state index is 13.2. The van der Waals surface area contributed by atoms with Gasteiger partial charge in [0.15, 0.2) is 0 Å². The van der Waals surface area contributed by atoms with Crippen molar-refractivity contribution in [3.8, 4) is 11.3 Å². The molecule has 1 aliphatic carbocycles. The summed E-state index contributed by atoms with van der Waals surface area (Å²) in [5, 5.41) is 24.2. The van der Waals surface area contributed by atoms with Gasteiger partial charge in [0.05, 0.1) is 30.6 Å². The van der Waals surface area contributed by atoms with E-state index in [2.05, 4.69) is 30.7 Å². The van der Waals surface area contributed by atoms with E-state index in [9.17, 15) is 19.1 Å². The number of hydrogen-bond acceptors (Lipinski definition) is 9. The fourth-order valence-corrected chi connectivity index (χ4v) is 4.93. The van der Waals surface area contributed by atoms with Gasteiger partial charge in [-0.25, -0.2) is 14.2 Å². The number of alkyl carbamates (subject to hydrolysis) is 1. The van der Waals surface area contributed by atoms with Crippen molar-refractivity contribution in [3.05, 3.63) is 36.3 Å². The van der Waals surface area contributed by atoms with Gasteiger partial charge in [-0.05, 0) is 70.7 Å². The highest BCUT2D eigenvalue weighted by Gasteiger charge is 2.38. The third-order valence-corrected chi connectivity index (χ3v) is 7.09. The number of benzene rings is 1. The van der Waals surface area contributed by atoms with Gasteiger partial charge in [-0.2, -0.15) is 5.10 Å². The molecule has 1 saturated carbocycles. The summed E-state index contributed by atoms with van der Waals surface area (Å²) in [7, 11) is 0. The summed E-state index contributed by atoms with van der Waals surface area (Å²) in [5.41, 5.74) is 0.0448. The van der Waals surface area contributed by atoms with Crippen LogP contribution in [0.1, 0.15) is 46.5 Å². The Hall–Kier alpha value is -3.38. The summed E-state index contributed by atoms with van der Waals surface area (Å²) in [5.74, 6) is 0.162. The fraction of sp³-hybridized carbons (Fsp3) is 0.593. The Morgan fingerprint density at radius 3 is 2.41 bits per heavy atom. The number of halogens is 1. The van der Waals surface area contributed by atoms with Crippen LogP contribution in [0.2, 0.25) is 0 Å². The van der Waals surface area contributed by atoms with Gasteiger partial charge in [-0.3, -0.25) is 9.69 Å². The molecule has 0 radical (unpaired) electrons. The number of rotatable bonds is 7. The number of nitrogens with zero attached hydrogens (tertiary/aromatic N) is 5. The lowest BCUT2D eigenvalue weighted by Gasteiger charge is -2.40. The quantitative estimate of drug-likeness (QED) is 0.480. The van der Waals surface area contributed by atoms with Gasteiger partial charge in [0.1, 0.15) is 11.4 Å². The van der Waals surface area contributed by atoms with Crippen molar-refractivity contribution < 1.29 is 23.8 Å². The second-order valence-corrected chi connectivity index (χ2v) is 11.3. The first-order valence-electron chi connectivity index (χ1n) is 13.4. The number of aliphatic hydroxyl groups is 1. The molecule has 2 aliphatic rings. The minimum atomic E-state index is -0.731. The Bertz CT molecular complexity index is 1130. The number of carbonyl (C=O) groups excluding carboxylic acids is 2. The average molecular weight is 544 g/mol. The molecule has 0 unspecified atom stereocenters. The van der Waals surface area contributed by atoms with Crippen LogP contribution in [-0.4, -0.2) is 93.7 Å². The van der Waals surface area contributed by atoms with Crippen molar-refractivity contribution in [1.82, 2.24) is 30.7 Å². The van der Waals surface area contributed by atoms with E-state index in [0.717, 1.165) is 5.56 Å². The molecule has 2 fully saturated rings. The van der Waals surface area contributed by atoms with Crippen LogP contribution in [0.3, 0.4) is 0 Å². The minimum absolute atomic E-state index is 0.00687. The van der Waals surface area contributed by atoms with Crippen molar-refractivity contribution >= 4 is 17.9 Å². The van der Waals surface area contributed by atoms with Crippen LogP contribution >= 0.6 is 0 Å². The van der Waals surface area contributed by atoms with Gasteiger partial charge in [0, 0.05) is 37.8 Å². The zero-order chi connectivity index (χ0) is 28.0. The Morgan fingerprint density at radius 2 is 1.79 bits per heavy atom. The lowest BCUT2D eigenvalue weighted by molar-refractivity contribution is -0.123. The molecule has 2 heterocycles. The van der Waals surface area contributed by atoms with Crippen LogP contribution in [0, 0.1) is 5.82 Å². The summed E-state index contributed by atoms with van der Waals surface area (Å²) in [6.07, 6.45) is 3.44. The van der Waals surface area contributed by atoms with E-state index in [4.69, 9.17) is 4.74 Å². The molecule has 2 aromatic rings. The molecule has 39 heavy (non-hydrogen) atoms. The second-order valence-electron chi connectivity index (χ2n) is 11.3. The van der Waals surface area contributed by atoms with Crippen LogP contribution in [0.25, 0.3) is 11.3 Å². The van der Waals surface area contributed by atoms with Crippen molar-refractivity contribution in [2.45, 2.75) is 63.6 Å². The Kier molecular flexibility index (Phi) is 8.96. The Balaban J connectivity index is 1.21. The average Bonchev–Trinajstić information content (AvgIpc) is 2.90. The summed E-state index contributed by atoms with van der Waals surface area (Å²) in [4.78, 5) is 33.7. The van der Waals surface area contributed by atoms with Crippen molar-refractivity contribution in [2.24, 2.45) is 0 Å². The van der Waals surface area contributed by atoms with E-state index in [1.165, 1.54) is 12.1 Å². The van der Waals surface area contributed by atoms with Crippen LogP contribution < -0.4 is 15.5 Å². The molecule has 2 amide bonds. The van der Waals surface area contributed by atoms with Gasteiger partial charge in [-0.15, -0.1) is 5.10 Å². The SMILES string of the molecule is CC(C)(C)OC(=O)NC1(CO)CCC(NC(=O)CN2CCN(c3nncc(-c4ccc(F)cc4)n3)CC2)CC1. The summed E-state index contributed by atoms with van der Waals surface area (Å²) >= 11 is 0. The van der Waals surface area contributed by atoms with E-state index in [0.29, 0.717) is 70.0 Å². The predicted molar refractivity (Wildman–Crippen MR) is 143 cm³/mol. The van der Waals surface area contributed by atoms with Gasteiger partial charge >= 0.3 is 6.09 Å². The smallest absolute Gasteiger partial charge is 0.408 e. The normalized spacial score (nSPS) is 22.3. The molecule has 12 heteroatoms. The molecule has 1 saturated heterocycles. The number of piperazine rings is 1. The Morgan fingerprint density at radius 1 is 1.13 bits per heavy atom. The summed E-state index contributed by atoms with van der Waals surface area (Å²) < 4.78 is 18.6. The molecular weight excluding hydrogens is 505 g/mol. The number of ether oxygens (including phenoxy) is 1. The van der Waals surface area contributed by atoms with Gasteiger partial charge in [0.2, 0.25) is 11.9 Å². The minimum Gasteiger partial charge on any atom is -0.444 e. The highest BCUT2D eigenvalue weighted by molar-refractivity contribution is 5.78. The van der Waals surface area contributed by atoms with E-state index in [1.807, 2.05) is 4.90 Å². The molecule has 0 spiro atoms. The van der Waals surface area contributed by atoms with Crippen molar-refractivity contribution in [2.75, 3.05) is 44.2 Å². The van der Waals surface area contributed by atoms with Crippen LogP contribution in [0.15, 0.2) is 30.5 Å². The maximum atomic E-state index is 13.2. The number of amides is 2. The zero-order valence-electron chi connectivity index (χ0n) is 22.8. The van der Waals surface area contributed by atoms with Gasteiger partial charge in [0.25, 0.3) is 0 Å². The van der Waals surface area contributed by atoms with Crippen molar-refractivity contribution in [1.29, 1.82) is 0 Å². The maximum Gasteiger partial charge on any atom is 0.408 e. The molecule has 11 nitrogen and oxygen atoms in total. The van der Waals surface area contributed by atoms with Gasteiger partial charge < -0.3 is 25.4 Å². The molecule has 0 atom stereocenters. The number of nitrogens with one attached hydrogen (secondary N) is 2. The molecule has 3 N–H and O–H groups in total. The van der Waals surface area contributed by atoms with E-state index >= 15 is 0 Å². The standard InChI is InChI=1S/C27H38FN7O4/c1-26(2,3)39-25(38)32-27(18-36)10-8-21(9-11-27)30-23(37)17-34-12-14-35(15-13-34)24-31-22(16-29-33-24)19-4-6-20(28)7-5-19/h4-7,16,21,36H,8-15,17-18H2,1-3H3,(H,30,37)(H,32,38). The first kappa shape index (κ1) is 28.6. The number of anilines is 1. The number of carbonyl (C=O) groups is 2. The highest BCUT2D eigenvalue weighted by atomic mass is 19.1. The summed E-state index contributed by atoms with van der Waals surface area (Å²) in [6, 6.07) is 6.09. The first-order chi connectivity index (χ1) is 18.5. The molecule has 1 aromatic heterocycles. The molecule has 4 rings (SSSR count). The zero-order valence-corrected chi connectivity index (χ0v) is 22.8. The van der Waals surface area contributed by atoms with E-state index in [-0.39, 0.29) is 24.4 Å². The number of aromatic nitrogens is 3. The molecule has 212 valence electrons. The third-order valence-electron chi connectivity index (χ3n) is 7.09. The highest BCUT2D eigenvalue weighted by Crippen LogP contribution is 2.29. The second kappa shape index (κ2) is 12.2. The monoisotopic (exact) mass is 543 g/mol. The molecule has 1 aromatic carbocycles. The topological polar surface area (TPSA) is 133 Å². The van der Waals surface area contributed by atoms with Crippen LogP contribution in [0.5, 0.6) is 0 Å². The number of aliphatic hydroxyl groups excluding tert-OH is 1. The van der Waals surface area contributed by atoms with E-state index < -0.39 is 17.2 Å². The summed E-state index contributed by atoms with van der Waals surface area (Å²) in [6.45, 7) is 8.16. The lowest BCUT2D eigenvalue weighted by atomic mass is 9.80. The Labute approximate surface area is 228 Å². The van der Waals surface area contributed by atoms with Crippen LogP contribution in [-0.2, 0) is 9.53 Å². The third kappa shape index (κ3) is 8.06. The largest absolute Gasteiger partial charge is 0.444 e. The predicted octanol–water partition coefficient (Wildman–Crippen LogP) is 2.11. The molecule has 1 aliphatic heterocycles. The molecule has 0 bridgehead atoms. The lowest BCUT2D eigenvalue weighted by Crippen LogP contribution is -2.57. The molecular formula is C27H38FN7O4. The fourth-order valence-electron chi connectivity index (χ4n) is 4.93. The van der Waals surface area contributed by atoms with Crippen LogP contribution in [0.4, 0.5) is 15.1 Å². The number of hydrogen-bond donors (Lipinski definition) is 3. The van der Waals surface area contributed by atoms with Gasteiger partial charge in [-0.1, -0.05) is 0 Å². The van der Waals surface area contributed by atoms with E-state index in [1.54, 1.807) is 39.1 Å². The van der Waals surface area contributed by atoms with Crippen molar-refractivity contribution in [3.63, 3.8) is 0 Å². The first-order valence-corrected chi connectivity index (χ1v) is 13.4.